The fourth-order valence-corrected chi connectivity index (χ4v) is 2.82. The third-order valence-corrected chi connectivity index (χ3v) is 4.09. The van der Waals surface area contributed by atoms with Gasteiger partial charge in [-0.25, -0.2) is 17.6 Å². The standard InChI is InChI=1S/C11H13FO5S/c1-7(13)4-5-18(16,17)10-3-2-8(11(14)15)6-9(10)12/h2-3,6-7,13H,4-5H2,1H3,(H,14,15). The number of carboxylic acid groups (broad SMARTS) is 1. The number of carbonyl (C=O) groups is 1. The van der Waals surface area contributed by atoms with Crippen molar-refractivity contribution in [2.75, 3.05) is 5.75 Å². The monoisotopic (exact) mass is 276 g/mol. The van der Waals surface area contributed by atoms with E-state index in [2.05, 4.69) is 0 Å². The molecule has 5 nitrogen and oxygen atoms in total. The van der Waals surface area contributed by atoms with Gasteiger partial charge in [-0.05, 0) is 31.5 Å². The van der Waals surface area contributed by atoms with Crippen LogP contribution in [0.15, 0.2) is 23.1 Å². The number of rotatable bonds is 5. The first-order valence-electron chi connectivity index (χ1n) is 5.17. The highest BCUT2D eigenvalue weighted by molar-refractivity contribution is 7.91. The predicted octanol–water partition coefficient (Wildman–Crippen LogP) is 1.07. The Labute approximate surface area is 104 Å². The first-order valence-corrected chi connectivity index (χ1v) is 6.83. The minimum Gasteiger partial charge on any atom is -0.478 e. The van der Waals surface area contributed by atoms with Gasteiger partial charge in [0.25, 0.3) is 0 Å². The molecule has 0 aliphatic carbocycles. The maximum Gasteiger partial charge on any atom is 0.335 e. The minimum absolute atomic E-state index is 0.0115. The van der Waals surface area contributed by atoms with Crippen LogP contribution in [0.1, 0.15) is 23.7 Å². The van der Waals surface area contributed by atoms with Crippen LogP contribution in [0, 0.1) is 5.82 Å². The average molecular weight is 276 g/mol. The number of hydrogen-bond acceptors (Lipinski definition) is 4. The largest absolute Gasteiger partial charge is 0.478 e. The summed E-state index contributed by atoms with van der Waals surface area (Å²) in [5.74, 6) is -2.82. The summed E-state index contributed by atoms with van der Waals surface area (Å²) in [4.78, 5) is 10.0. The number of aromatic carboxylic acids is 1. The van der Waals surface area contributed by atoms with E-state index < -0.39 is 38.4 Å². The molecule has 1 unspecified atom stereocenters. The Bertz CT molecular complexity index is 551. The fourth-order valence-electron chi connectivity index (χ4n) is 1.32. The summed E-state index contributed by atoms with van der Waals surface area (Å²) >= 11 is 0. The topological polar surface area (TPSA) is 91.7 Å². The second-order valence-electron chi connectivity index (χ2n) is 3.91. The SMILES string of the molecule is CC(O)CCS(=O)(=O)c1ccc(C(=O)O)cc1F. The van der Waals surface area contributed by atoms with Crippen molar-refractivity contribution in [2.45, 2.75) is 24.3 Å². The van der Waals surface area contributed by atoms with Gasteiger partial charge in [0.1, 0.15) is 10.7 Å². The van der Waals surface area contributed by atoms with Gasteiger partial charge in [-0.15, -0.1) is 0 Å². The second kappa shape index (κ2) is 5.45. The van der Waals surface area contributed by atoms with E-state index in [4.69, 9.17) is 10.2 Å². The summed E-state index contributed by atoms with van der Waals surface area (Å²) in [5, 5.41) is 17.6. The second-order valence-corrected chi connectivity index (χ2v) is 5.98. The molecule has 7 heteroatoms. The first kappa shape index (κ1) is 14.6. The van der Waals surface area contributed by atoms with Crippen LogP contribution < -0.4 is 0 Å². The van der Waals surface area contributed by atoms with Gasteiger partial charge >= 0.3 is 5.97 Å². The normalized spacial score (nSPS) is 13.3. The molecule has 0 aliphatic rings. The zero-order valence-electron chi connectivity index (χ0n) is 9.63. The Morgan fingerprint density at radius 2 is 2.06 bits per heavy atom. The van der Waals surface area contributed by atoms with E-state index in [1.807, 2.05) is 0 Å². The van der Waals surface area contributed by atoms with Crippen LogP contribution in [0.5, 0.6) is 0 Å². The van der Waals surface area contributed by atoms with Gasteiger partial charge in [0.15, 0.2) is 9.84 Å². The summed E-state index contributed by atoms with van der Waals surface area (Å²) in [6, 6.07) is 2.62. The molecule has 18 heavy (non-hydrogen) atoms. The van der Waals surface area contributed by atoms with Crippen LogP contribution in [0.25, 0.3) is 0 Å². The Hall–Kier alpha value is -1.47. The van der Waals surface area contributed by atoms with Crippen LogP contribution in [-0.2, 0) is 9.84 Å². The van der Waals surface area contributed by atoms with Crippen LogP contribution in [0.3, 0.4) is 0 Å². The van der Waals surface area contributed by atoms with Gasteiger partial charge in [-0.1, -0.05) is 0 Å². The van der Waals surface area contributed by atoms with E-state index in [9.17, 15) is 17.6 Å². The van der Waals surface area contributed by atoms with Crippen LogP contribution in [0.4, 0.5) is 4.39 Å². The predicted molar refractivity (Wildman–Crippen MR) is 61.7 cm³/mol. The van der Waals surface area contributed by atoms with Gasteiger partial charge < -0.3 is 10.2 Å². The highest BCUT2D eigenvalue weighted by Gasteiger charge is 2.21. The molecular formula is C11H13FO5S. The molecule has 1 atom stereocenters. The van der Waals surface area contributed by atoms with E-state index in [1.54, 1.807) is 0 Å². The minimum atomic E-state index is -3.86. The number of benzene rings is 1. The van der Waals surface area contributed by atoms with Crippen molar-refractivity contribution in [1.29, 1.82) is 0 Å². The fraction of sp³-hybridized carbons (Fsp3) is 0.364. The van der Waals surface area contributed by atoms with Crippen molar-refractivity contribution in [1.82, 2.24) is 0 Å². The summed E-state index contributed by atoms with van der Waals surface area (Å²) in [6.07, 6.45) is -0.816. The van der Waals surface area contributed by atoms with E-state index in [-0.39, 0.29) is 12.0 Å². The molecule has 0 spiro atoms. The summed E-state index contributed by atoms with van der Waals surface area (Å²) < 4.78 is 37.0. The molecule has 0 radical (unpaired) electrons. The lowest BCUT2D eigenvalue weighted by Gasteiger charge is -2.07. The Balaban J connectivity index is 3.06. The van der Waals surface area contributed by atoms with Gasteiger partial charge in [-0.3, -0.25) is 0 Å². The molecular weight excluding hydrogens is 263 g/mol. The van der Waals surface area contributed by atoms with Crippen LogP contribution in [-0.4, -0.2) is 36.5 Å². The van der Waals surface area contributed by atoms with Crippen molar-refractivity contribution in [3.63, 3.8) is 0 Å². The lowest BCUT2D eigenvalue weighted by atomic mass is 10.2. The van der Waals surface area contributed by atoms with E-state index in [0.717, 1.165) is 12.1 Å². The molecule has 0 aromatic heterocycles. The summed E-state index contributed by atoms with van der Waals surface area (Å²) in [7, 11) is -3.86. The molecule has 1 rings (SSSR count). The summed E-state index contributed by atoms with van der Waals surface area (Å²) in [5.41, 5.74) is -0.318. The maximum atomic E-state index is 13.5. The molecule has 100 valence electrons. The van der Waals surface area contributed by atoms with Crippen molar-refractivity contribution in [3.05, 3.63) is 29.6 Å². The molecule has 0 amide bonds. The van der Waals surface area contributed by atoms with Crippen LogP contribution >= 0.6 is 0 Å². The van der Waals surface area contributed by atoms with Crippen LogP contribution in [0.2, 0.25) is 0 Å². The smallest absolute Gasteiger partial charge is 0.335 e. The number of hydrogen-bond donors (Lipinski definition) is 2. The van der Waals surface area contributed by atoms with E-state index in [1.165, 1.54) is 6.92 Å². The Morgan fingerprint density at radius 3 is 2.50 bits per heavy atom. The van der Waals surface area contributed by atoms with Gasteiger partial charge in [0, 0.05) is 0 Å². The molecule has 0 saturated heterocycles. The number of carboxylic acids is 1. The lowest BCUT2D eigenvalue weighted by molar-refractivity contribution is 0.0696. The Kier molecular flexibility index (Phi) is 4.42. The maximum absolute atomic E-state index is 13.5. The third-order valence-electron chi connectivity index (χ3n) is 2.32. The first-order chi connectivity index (χ1) is 8.24. The molecule has 0 fully saturated rings. The highest BCUT2D eigenvalue weighted by atomic mass is 32.2. The van der Waals surface area contributed by atoms with Crippen molar-refractivity contribution >= 4 is 15.8 Å². The van der Waals surface area contributed by atoms with Crippen molar-refractivity contribution in [3.8, 4) is 0 Å². The third kappa shape index (κ3) is 3.51. The molecule has 1 aromatic carbocycles. The summed E-state index contributed by atoms with van der Waals surface area (Å²) in [6.45, 7) is 1.43. The number of aliphatic hydroxyl groups excluding tert-OH is 1. The molecule has 2 N–H and O–H groups in total. The van der Waals surface area contributed by atoms with Gasteiger partial charge in [-0.2, -0.15) is 0 Å². The Morgan fingerprint density at radius 1 is 1.44 bits per heavy atom. The molecule has 0 heterocycles. The van der Waals surface area contributed by atoms with Gasteiger partial charge in [0.05, 0.1) is 17.4 Å². The molecule has 1 aromatic rings. The number of aliphatic hydroxyl groups is 1. The van der Waals surface area contributed by atoms with Gasteiger partial charge in [0.2, 0.25) is 0 Å². The number of sulfone groups is 1. The van der Waals surface area contributed by atoms with E-state index >= 15 is 0 Å². The van der Waals surface area contributed by atoms with Crippen molar-refractivity contribution < 1.29 is 27.8 Å². The molecule has 0 saturated carbocycles. The zero-order chi connectivity index (χ0) is 13.9. The molecule has 0 aliphatic heterocycles. The quantitative estimate of drug-likeness (QED) is 0.839. The highest BCUT2D eigenvalue weighted by Crippen LogP contribution is 2.18. The zero-order valence-corrected chi connectivity index (χ0v) is 10.4. The molecule has 0 bridgehead atoms. The van der Waals surface area contributed by atoms with E-state index in [0.29, 0.717) is 6.07 Å². The van der Waals surface area contributed by atoms with Crippen molar-refractivity contribution in [2.24, 2.45) is 0 Å². The average Bonchev–Trinajstić information content (AvgIpc) is 2.26. The lowest BCUT2D eigenvalue weighted by Crippen LogP contribution is -2.14. The number of halogens is 1.